The van der Waals surface area contributed by atoms with Crippen LogP contribution < -0.4 is 26.4 Å². The number of nitrogens with zero attached hydrogens (tertiary/aromatic N) is 1. The third kappa shape index (κ3) is 12.1. The van der Waals surface area contributed by atoms with Gasteiger partial charge in [-0.25, -0.2) is 17.9 Å². The van der Waals surface area contributed by atoms with Gasteiger partial charge in [0.25, 0.3) is 10.0 Å². The first-order valence-electron chi connectivity index (χ1n) is 13.3. The molecule has 2 aromatic carbocycles. The number of hydrogen-bond donors (Lipinski definition) is 6. The summed E-state index contributed by atoms with van der Waals surface area (Å²) in [7, 11) is -3.92. The number of aryl methyl sites for hydroxylation is 1. The molecule has 0 aliphatic heterocycles. The van der Waals surface area contributed by atoms with E-state index in [1.807, 2.05) is 6.92 Å². The number of nitrogens with one attached hydrogen (secondary N) is 4. The SMILES string of the molecule is Cc1ccc(S(=O)(=O)NC(N)=NCCC[C@H](NC(=O)OC(C)(C)C)C(=O)NCC(=O)N[C@H](CO)c2ccccc2)cc1. The van der Waals surface area contributed by atoms with E-state index in [4.69, 9.17) is 10.5 Å². The van der Waals surface area contributed by atoms with Gasteiger partial charge in [0.1, 0.15) is 11.6 Å². The topological polar surface area (TPSA) is 201 Å². The van der Waals surface area contributed by atoms with Crippen molar-refractivity contribution in [1.29, 1.82) is 0 Å². The number of hydrogen-bond acceptors (Lipinski definition) is 8. The van der Waals surface area contributed by atoms with Gasteiger partial charge in [0, 0.05) is 6.54 Å². The number of ether oxygens (including phenoxy) is 1. The lowest BCUT2D eigenvalue weighted by molar-refractivity contribution is -0.127. The number of carbonyl (C=O) groups is 3. The van der Waals surface area contributed by atoms with Crippen molar-refractivity contribution in [3.05, 3.63) is 65.7 Å². The predicted octanol–water partition coefficient (Wildman–Crippen LogP) is 1.23. The Morgan fingerprint density at radius 1 is 1.02 bits per heavy atom. The van der Waals surface area contributed by atoms with Crippen molar-refractivity contribution >= 4 is 33.9 Å². The van der Waals surface area contributed by atoms with Crippen LogP contribution in [0.4, 0.5) is 4.79 Å². The molecule has 2 atom stereocenters. The fourth-order valence-electron chi connectivity index (χ4n) is 3.62. The molecule has 0 bridgehead atoms. The molecule has 42 heavy (non-hydrogen) atoms. The third-order valence-corrected chi connectivity index (χ3v) is 7.02. The van der Waals surface area contributed by atoms with Crippen LogP contribution in [-0.4, -0.2) is 68.7 Å². The molecule has 0 aliphatic carbocycles. The molecule has 14 heteroatoms. The first-order valence-corrected chi connectivity index (χ1v) is 14.8. The smallest absolute Gasteiger partial charge is 0.408 e. The van der Waals surface area contributed by atoms with Crippen LogP contribution in [0.25, 0.3) is 0 Å². The first-order chi connectivity index (χ1) is 19.7. The van der Waals surface area contributed by atoms with Gasteiger partial charge >= 0.3 is 6.09 Å². The van der Waals surface area contributed by atoms with Gasteiger partial charge in [-0.2, -0.15) is 0 Å². The normalized spacial score (nSPS) is 13.4. The molecule has 2 aromatic rings. The van der Waals surface area contributed by atoms with Crippen LogP contribution in [0.5, 0.6) is 0 Å². The first kappa shape index (κ1) is 34.0. The predicted molar refractivity (Wildman–Crippen MR) is 158 cm³/mol. The number of rotatable bonds is 13. The molecule has 0 saturated carbocycles. The molecule has 0 fully saturated rings. The number of guanidine groups is 1. The number of carbonyl (C=O) groups excluding carboxylic acids is 3. The summed E-state index contributed by atoms with van der Waals surface area (Å²) in [6.45, 7) is 6.15. The van der Waals surface area contributed by atoms with E-state index in [-0.39, 0.29) is 36.8 Å². The minimum Gasteiger partial charge on any atom is -0.444 e. The Bertz CT molecular complexity index is 1330. The van der Waals surface area contributed by atoms with Gasteiger partial charge < -0.3 is 31.5 Å². The molecule has 0 saturated heterocycles. The highest BCUT2D eigenvalue weighted by Gasteiger charge is 2.25. The number of aliphatic hydroxyl groups excluding tert-OH is 1. The van der Waals surface area contributed by atoms with E-state index in [1.165, 1.54) is 12.1 Å². The van der Waals surface area contributed by atoms with Crippen LogP contribution >= 0.6 is 0 Å². The maximum absolute atomic E-state index is 12.9. The summed E-state index contributed by atoms with van der Waals surface area (Å²) in [6, 6.07) is 13.3. The van der Waals surface area contributed by atoms with E-state index in [1.54, 1.807) is 63.2 Å². The minimum absolute atomic E-state index is 0.0302. The van der Waals surface area contributed by atoms with Crippen molar-refractivity contribution in [1.82, 2.24) is 20.7 Å². The summed E-state index contributed by atoms with van der Waals surface area (Å²) in [4.78, 5) is 41.8. The average molecular weight is 605 g/mol. The maximum atomic E-state index is 12.9. The van der Waals surface area contributed by atoms with Crippen molar-refractivity contribution in [3.63, 3.8) is 0 Å². The molecule has 0 heterocycles. The van der Waals surface area contributed by atoms with E-state index >= 15 is 0 Å². The Hall–Kier alpha value is -4.17. The molecule has 0 unspecified atom stereocenters. The summed E-state index contributed by atoms with van der Waals surface area (Å²) in [6.07, 6.45) is -0.518. The molecule has 0 spiro atoms. The monoisotopic (exact) mass is 604 g/mol. The molecule has 2 rings (SSSR count). The second kappa shape index (κ2) is 15.7. The Labute approximate surface area is 246 Å². The highest BCUT2D eigenvalue weighted by molar-refractivity contribution is 7.90. The van der Waals surface area contributed by atoms with Crippen LogP contribution in [0, 0.1) is 6.92 Å². The summed E-state index contributed by atoms with van der Waals surface area (Å²) >= 11 is 0. The van der Waals surface area contributed by atoms with Crippen molar-refractivity contribution < 1.29 is 32.6 Å². The number of amides is 3. The quantitative estimate of drug-likeness (QED) is 0.111. The van der Waals surface area contributed by atoms with Gasteiger partial charge in [-0.1, -0.05) is 48.0 Å². The Morgan fingerprint density at radius 2 is 1.67 bits per heavy atom. The molecule has 0 aromatic heterocycles. The molecule has 0 radical (unpaired) electrons. The second-order valence-electron chi connectivity index (χ2n) is 10.5. The van der Waals surface area contributed by atoms with Crippen molar-refractivity contribution in [2.45, 2.75) is 63.1 Å². The largest absolute Gasteiger partial charge is 0.444 e. The fourth-order valence-corrected chi connectivity index (χ4v) is 4.57. The third-order valence-electron chi connectivity index (χ3n) is 5.65. The van der Waals surface area contributed by atoms with Crippen molar-refractivity contribution in [2.24, 2.45) is 10.7 Å². The van der Waals surface area contributed by atoms with Gasteiger partial charge in [0.2, 0.25) is 17.8 Å². The average Bonchev–Trinajstić information content (AvgIpc) is 2.91. The number of nitrogens with two attached hydrogens (primary N) is 1. The Balaban J connectivity index is 1.97. The zero-order valence-electron chi connectivity index (χ0n) is 24.2. The van der Waals surface area contributed by atoms with Crippen LogP contribution in [0.3, 0.4) is 0 Å². The van der Waals surface area contributed by atoms with E-state index < -0.39 is 52.2 Å². The molecule has 13 nitrogen and oxygen atoms in total. The Morgan fingerprint density at radius 3 is 2.26 bits per heavy atom. The fraction of sp³-hybridized carbons (Fsp3) is 0.429. The highest BCUT2D eigenvalue weighted by Crippen LogP contribution is 2.12. The van der Waals surface area contributed by atoms with E-state index in [2.05, 4.69) is 25.7 Å². The van der Waals surface area contributed by atoms with Crippen LogP contribution in [0.2, 0.25) is 0 Å². The lowest BCUT2D eigenvalue weighted by atomic mass is 10.1. The summed E-state index contributed by atoms with van der Waals surface area (Å²) in [5, 5.41) is 17.3. The zero-order chi connectivity index (χ0) is 31.3. The van der Waals surface area contributed by atoms with Crippen molar-refractivity contribution in [2.75, 3.05) is 19.7 Å². The van der Waals surface area contributed by atoms with E-state index in [0.717, 1.165) is 5.56 Å². The second-order valence-corrected chi connectivity index (χ2v) is 12.1. The summed E-state index contributed by atoms with van der Waals surface area (Å²) < 4.78 is 32.4. The van der Waals surface area contributed by atoms with Gasteiger partial charge in [-0.3, -0.25) is 14.6 Å². The van der Waals surface area contributed by atoms with Gasteiger partial charge in [0.05, 0.1) is 24.1 Å². The zero-order valence-corrected chi connectivity index (χ0v) is 25.0. The number of benzene rings is 2. The van der Waals surface area contributed by atoms with Crippen molar-refractivity contribution in [3.8, 4) is 0 Å². The lowest BCUT2D eigenvalue weighted by Gasteiger charge is -2.23. The summed E-state index contributed by atoms with van der Waals surface area (Å²) in [5.74, 6) is -1.51. The maximum Gasteiger partial charge on any atom is 0.408 e. The minimum atomic E-state index is -3.92. The lowest BCUT2D eigenvalue weighted by Crippen LogP contribution is -2.50. The van der Waals surface area contributed by atoms with Gasteiger partial charge in [-0.05, 0) is 58.2 Å². The van der Waals surface area contributed by atoms with Crippen LogP contribution in [0.1, 0.15) is 50.8 Å². The molecule has 230 valence electrons. The molecular weight excluding hydrogens is 564 g/mol. The molecule has 3 amide bonds. The molecule has 0 aliphatic rings. The number of alkyl carbamates (subject to hydrolysis) is 1. The van der Waals surface area contributed by atoms with Crippen LogP contribution in [0.15, 0.2) is 64.5 Å². The Kier molecular flexibility index (Phi) is 12.7. The standard InChI is InChI=1S/C28H40N6O7S/c1-19-12-14-21(15-13-19)42(39,40)34-26(29)30-16-8-11-22(33-27(38)41-28(2,3)4)25(37)31-17-24(36)32-23(18-35)20-9-6-5-7-10-20/h5-7,9-10,12-15,22-23,35H,8,11,16-18H2,1-4H3,(H,31,37)(H,32,36)(H,33,38)(H3,29,30,34)/t22-,23+/m0/s1. The molecular formula is C28H40N6O7S. The molecule has 7 N–H and O–H groups in total. The number of aliphatic imine (C=N–C) groups is 1. The summed E-state index contributed by atoms with van der Waals surface area (Å²) in [5.41, 5.74) is 6.54. The van der Waals surface area contributed by atoms with E-state index in [9.17, 15) is 27.9 Å². The number of sulfonamides is 1. The highest BCUT2D eigenvalue weighted by atomic mass is 32.2. The van der Waals surface area contributed by atoms with Gasteiger partial charge in [0.15, 0.2) is 0 Å². The van der Waals surface area contributed by atoms with E-state index in [0.29, 0.717) is 5.56 Å². The van der Waals surface area contributed by atoms with Gasteiger partial charge in [-0.15, -0.1) is 0 Å². The van der Waals surface area contributed by atoms with Crippen LogP contribution in [-0.2, 0) is 24.3 Å². The number of aliphatic hydroxyl groups is 1.